The maximum Gasteiger partial charge on any atom is 0.229 e. The molecule has 3 aromatic rings. The number of sulfonamides is 1. The molecule has 1 fully saturated rings. The van der Waals surface area contributed by atoms with Crippen molar-refractivity contribution in [3.05, 3.63) is 94.5 Å². The van der Waals surface area contributed by atoms with E-state index in [-0.39, 0.29) is 0 Å². The van der Waals surface area contributed by atoms with Crippen molar-refractivity contribution in [1.82, 2.24) is 0 Å². The van der Waals surface area contributed by atoms with Crippen molar-refractivity contribution in [2.45, 2.75) is 32.6 Å². The van der Waals surface area contributed by atoms with Gasteiger partial charge in [0, 0.05) is 5.69 Å². The van der Waals surface area contributed by atoms with Crippen LogP contribution in [0, 0.1) is 5.92 Å². The topological polar surface area (TPSA) is 55.4 Å². The van der Waals surface area contributed by atoms with E-state index in [1.54, 1.807) is 6.07 Å². The third-order valence-electron chi connectivity index (χ3n) is 6.45. The number of rotatable bonds is 6. The molecule has 0 radical (unpaired) electrons. The van der Waals surface area contributed by atoms with Crippen LogP contribution >= 0.6 is 0 Å². The van der Waals surface area contributed by atoms with E-state index in [9.17, 15) is 8.42 Å². The molecule has 3 aromatic carbocycles. The molecule has 5 heteroatoms. The van der Waals surface area contributed by atoms with Crippen LogP contribution in [0.5, 0.6) is 5.75 Å². The predicted octanol–water partition coefficient (Wildman–Crippen LogP) is 5.92. The van der Waals surface area contributed by atoms with Gasteiger partial charge < -0.3 is 4.74 Å². The Morgan fingerprint density at radius 2 is 1.70 bits per heavy atom. The lowest BCUT2D eigenvalue weighted by Crippen LogP contribution is -2.09. The molecular weight excluding hydrogens is 430 g/mol. The van der Waals surface area contributed by atoms with Gasteiger partial charge in [-0.25, -0.2) is 8.42 Å². The lowest BCUT2D eigenvalue weighted by atomic mass is 9.88. The molecule has 0 heterocycles. The monoisotopic (exact) mass is 459 g/mol. The average molecular weight is 460 g/mol. The molecule has 4 nitrogen and oxygen atoms in total. The molecule has 2 aliphatic carbocycles. The van der Waals surface area contributed by atoms with Crippen molar-refractivity contribution in [3.63, 3.8) is 0 Å². The maximum absolute atomic E-state index is 11.8. The summed E-state index contributed by atoms with van der Waals surface area (Å²) in [5.74, 6) is 1.67. The summed E-state index contributed by atoms with van der Waals surface area (Å²) < 4.78 is 32.2. The van der Waals surface area contributed by atoms with Crippen LogP contribution in [0.1, 0.15) is 47.6 Å². The fourth-order valence-electron chi connectivity index (χ4n) is 4.58. The van der Waals surface area contributed by atoms with Gasteiger partial charge in [-0.05, 0) is 102 Å². The summed E-state index contributed by atoms with van der Waals surface area (Å²) in [5, 5.41) is 0. The second-order valence-corrected chi connectivity index (χ2v) is 10.9. The number of benzene rings is 3. The Balaban J connectivity index is 1.62. The standard InChI is InChI=1S/C28H29NO3S/c1-19(22-7-5-8-24(16-22)29-33(2,30)31)28-26-9-4-3-6-21(26)12-13-23-17-25(14-15-27(23)28)32-18-20-10-11-20/h3-9,14-17,20,29H,10-13,18H2,1-2H3/b28-19+. The summed E-state index contributed by atoms with van der Waals surface area (Å²) >= 11 is 0. The molecule has 0 saturated heterocycles. The van der Waals surface area contributed by atoms with E-state index in [1.165, 1.54) is 46.9 Å². The molecule has 0 spiro atoms. The zero-order chi connectivity index (χ0) is 23.0. The van der Waals surface area contributed by atoms with Gasteiger partial charge in [0.1, 0.15) is 5.75 Å². The van der Waals surface area contributed by atoms with Crippen molar-refractivity contribution < 1.29 is 13.2 Å². The first kappa shape index (κ1) is 21.8. The minimum atomic E-state index is -3.34. The summed E-state index contributed by atoms with van der Waals surface area (Å²) in [6, 6.07) is 22.7. The maximum atomic E-state index is 11.8. The third-order valence-corrected chi connectivity index (χ3v) is 7.06. The fourth-order valence-corrected chi connectivity index (χ4v) is 5.14. The summed E-state index contributed by atoms with van der Waals surface area (Å²) in [4.78, 5) is 0. The van der Waals surface area contributed by atoms with Gasteiger partial charge >= 0.3 is 0 Å². The molecule has 1 saturated carbocycles. The lowest BCUT2D eigenvalue weighted by Gasteiger charge is -2.18. The first-order valence-corrected chi connectivity index (χ1v) is 13.4. The number of hydrogen-bond donors (Lipinski definition) is 1. The summed E-state index contributed by atoms with van der Waals surface area (Å²) in [6.07, 6.45) is 5.66. The van der Waals surface area contributed by atoms with Gasteiger partial charge in [-0.3, -0.25) is 4.72 Å². The van der Waals surface area contributed by atoms with E-state index in [1.807, 2.05) is 18.2 Å². The zero-order valence-electron chi connectivity index (χ0n) is 19.1. The van der Waals surface area contributed by atoms with E-state index < -0.39 is 10.0 Å². The van der Waals surface area contributed by atoms with Crippen molar-refractivity contribution in [2.24, 2.45) is 5.92 Å². The Morgan fingerprint density at radius 3 is 2.48 bits per heavy atom. The third kappa shape index (κ3) is 4.98. The van der Waals surface area contributed by atoms with Crippen molar-refractivity contribution in [1.29, 1.82) is 0 Å². The SMILES string of the molecule is C/C(=C1/c2ccccc2CCc2cc(OCC3CC3)ccc21)c1cccc(NS(C)(=O)=O)c1. The van der Waals surface area contributed by atoms with Crippen LogP contribution in [0.4, 0.5) is 5.69 Å². The quantitative estimate of drug-likeness (QED) is 0.497. The fraction of sp³-hybridized carbons (Fsp3) is 0.286. The Labute approximate surface area is 196 Å². The largest absolute Gasteiger partial charge is 0.493 e. The van der Waals surface area contributed by atoms with Gasteiger partial charge in [0.15, 0.2) is 0 Å². The molecule has 0 bridgehead atoms. The second kappa shape index (κ2) is 8.71. The highest BCUT2D eigenvalue weighted by molar-refractivity contribution is 7.92. The van der Waals surface area contributed by atoms with Crippen molar-refractivity contribution in [2.75, 3.05) is 17.6 Å². The lowest BCUT2D eigenvalue weighted by molar-refractivity contribution is 0.299. The molecule has 1 N–H and O–H groups in total. The second-order valence-electron chi connectivity index (χ2n) is 9.19. The number of hydrogen-bond acceptors (Lipinski definition) is 3. The minimum absolute atomic E-state index is 0.570. The van der Waals surface area contributed by atoms with Crippen LogP contribution < -0.4 is 9.46 Å². The van der Waals surface area contributed by atoms with Gasteiger partial charge in [-0.2, -0.15) is 0 Å². The Kier molecular flexibility index (Phi) is 5.75. The highest BCUT2D eigenvalue weighted by Crippen LogP contribution is 2.40. The van der Waals surface area contributed by atoms with E-state index in [2.05, 4.69) is 54.1 Å². The van der Waals surface area contributed by atoms with Crippen LogP contribution in [0.3, 0.4) is 0 Å². The average Bonchev–Trinajstić information content (AvgIpc) is 3.62. The summed E-state index contributed by atoms with van der Waals surface area (Å²) in [7, 11) is -3.34. The normalized spacial score (nSPS) is 16.9. The number of aryl methyl sites for hydroxylation is 2. The number of ether oxygens (including phenoxy) is 1. The molecule has 33 heavy (non-hydrogen) atoms. The van der Waals surface area contributed by atoms with Gasteiger partial charge in [0.2, 0.25) is 10.0 Å². The van der Waals surface area contributed by atoms with Crippen molar-refractivity contribution in [3.8, 4) is 5.75 Å². The van der Waals surface area contributed by atoms with Gasteiger partial charge in [0.25, 0.3) is 0 Å². The van der Waals surface area contributed by atoms with Crippen LogP contribution in [-0.2, 0) is 22.9 Å². The summed E-state index contributed by atoms with van der Waals surface area (Å²) in [6.45, 7) is 2.93. The van der Waals surface area contributed by atoms with E-state index in [0.29, 0.717) is 5.69 Å². The highest BCUT2D eigenvalue weighted by atomic mass is 32.2. The molecule has 0 aliphatic heterocycles. The van der Waals surface area contributed by atoms with Crippen LogP contribution in [0.25, 0.3) is 11.1 Å². The number of anilines is 1. The molecule has 5 rings (SSSR count). The molecule has 0 unspecified atom stereocenters. The molecule has 170 valence electrons. The van der Waals surface area contributed by atoms with E-state index in [0.717, 1.165) is 42.3 Å². The minimum Gasteiger partial charge on any atom is -0.493 e. The molecule has 0 aromatic heterocycles. The number of fused-ring (bicyclic) bond motifs is 2. The Morgan fingerprint density at radius 1 is 0.939 bits per heavy atom. The van der Waals surface area contributed by atoms with Gasteiger partial charge in [0.05, 0.1) is 12.9 Å². The smallest absolute Gasteiger partial charge is 0.229 e. The Bertz CT molecular complexity index is 1340. The van der Waals surface area contributed by atoms with Crippen LogP contribution in [0.2, 0.25) is 0 Å². The number of allylic oxidation sites excluding steroid dienone is 1. The van der Waals surface area contributed by atoms with Crippen molar-refractivity contribution >= 4 is 26.9 Å². The van der Waals surface area contributed by atoms with Gasteiger partial charge in [-0.1, -0.05) is 42.5 Å². The van der Waals surface area contributed by atoms with E-state index >= 15 is 0 Å². The van der Waals surface area contributed by atoms with Crippen LogP contribution in [0.15, 0.2) is 66.7 Å². The molecule has 0 atom stereocenters. The molecule has 2 aliphatic rings. The molecular formula is C28H29NO3S. The Hall–Kier alpha value is -3.05. The predicted molar refractivity (Wildman–Crippen MR) is 135 cm³/mol. The van der Waals surface area contributed by atoms with Crippen LogP contribution in [-0.4, -0.2) is 21.3 Å². The molecule has 0 amide bonds. The first-order valence-electron chi connectivity index (χ1n) is 11.5. The number of nitrogens with one attached hydrogen (secondary N) is 1. The summed E-state index contributed by atoms with van der Waals surface area (Å²) in [5.41, 5.74) is 8.96. The highest BCUT2D eigenvalue weighted by Gasteiger charge is 2.23. The first-order chi connectivity index (χ1) is 15.9. The zero-order valence-corrected chi connectivity index (χ0v) is 19.9. The van der Waals surface area contributed by atoms with Gasteiger partial charge in [-0.15, -0.1) is 0 Å². The van der Waals surface area contributed by atoms with E-state index in [4.69, 9.17) is 4.74 Å².